The zero-order valence-electron chi connectivity index (χ0n) is 15.9. The molecule has 1 aliphatic carbocycles. The van der Waals surface area contributed by atoms with Crippen molar-refractivity contribution in [3.05, 3.63) is 76.1 Å². The molecule has 4 rings (SSSR count). The molecule has 2 aliphatic rings. The Labute approximate surface area is 176 Å². The molecule has 0 bridgehead atoms. The Balaban J connectivity index is 1.56. The van der Waals surface area contributed by atoms with Gasteiger partial charge in [0.2, 0.25) is 5.91 Å². The standard InChI is InChI=1S/C22H18FN3O3S/c23-13-6-8-14(9-7-13)25-19(28)12-30-22-15(11-24)20(18-5-2-10-29-18)21-16(26-22)3-1-4-17(21)27/h2,5-10,20,26H,1,3-4,12H2,(H,25,28)/t20-/m0/s1. The number of allylic oxidation sites excluding steroid dienone is 3. The van der Waals surface area contributed by atoms with Gasteiger partial charge in [0.25, 0.3) is 0 Å². The van der Waals surface area contributed by atoms with Crippen molar-refractivity contribution in [2.24, 2.45) is 0 Å². The molecular weight excluding hydrogens is 405 g/mol. The number of Topliss-reactive ketones (excluding diaryl/α,β-unsaturated/α-hetero) is 1. The van der Waals surface area contributed by atoms with Crippen molar-refractivity contribution in [2.75, 3.05) is 11.1 Å². The summed E-state index contributed by atoms with van der Waals surface area (Å²) in [5, 5.41) is 16.3. The van der Waals surface area contributed by atoms with Gasteiger partial charge in [0, 0.05) is 23.4 Å². The third-order valence-electron chi connectivity index (χ3n) is 4.97. The largest absolute Gasteiger partial charge is 0.468 e. The van der Waals surface area contributed by atoms with Crippen molar-refractivity contribution in [2.45, 2.75) is 25.2 Å². The molecular formula is C22H18FN3O3S. The maximum Gasteiger partial charge on any atom is 0.234 e. The Morgan fingerprint density at radius 1 is 1.30 bits per heavy atom. The number of benzene rings is 1. The first-order valence-electron chi connectivity index (χ1n) is 9.46. The number of anilines is 1. The lowest BCUT2D eigenvalue weighted by Crippen LogP contribution is -2.31. The van der Waals surface area contributed by atoms with E-state index in [2.05, 4.69) is 16.7 Å². The SMILES string of the molecule is N#CC1=C(SCC(=O)Nc2ccc(F)cc2)NC2=C(C(=O)CCC2)[C@@H]1c1ccco1. The first-order valence-corrected chi connectivity index (χ1v) is 10.4. The van der Waals surface area contributed by atoms with Crippen LogP contribution < -0.4 is 10.6 Å². The summed E-state index contributed by atoms with van der Waals surface area (Å²) in [4.78, 5) is 25.0. The Kier molecular flexibility index (Phi) is 5.72. The van der Waals surface area contributed by atoms with Crippen molar-refractivity contribution in [1.82, 2.24) is 5.32 Å². The maximum absolute atomic E-state index is 13.0. The fourth-order valence-corrected chi connectivity index (χ4v) is 4.51. The van der Waals surface area contributed by atoms with Crippen LogP contribution in [0.5, 0.6) is 0 Å². The van der Waals surface area contributed by atoms with Gasteiger partial charge in [-0.15, -0.1) is 0 Å². The van der Waals surface area contributed by atoms with Crippen LogP contribution >= 0.6 is 11.8 Å². The van der Waals surface area contributed by atoms with Crippen molar-refractivity contribution in [3.8, 4) is 6.07 Å². The van der Waals surface area contributed by atoms with Gasteiger partial charge in [-0.1, -0.05) is 11.8 Å². The minimum Gasteiger partial charge on any atom is -0.468 e. The highest BCUT2D eigenvalue weighted by molar-refractivity contribution is 8.03. The number of hydrogen-bond donors (Lipinski definition) is 2. The van der Waals surface area contributed by atoms with Crippen LogP contribution in [0.15, 0.2) is 69.0 Å². The first kappa shape index (κ1) is 20.0. The zero-order valence-corrected chi connectivity index (χ0v) is 16.7. The van der Waals surface area contributed by atoms with E-state index in [-0.39, 0.29) is 23.3 Å². The summed E-state index contributed by atoms with van der Waals surface area (Å²) in [5.74, 6) is -0.649. The Morgan fingerprint density at radius 2 is 2.10 bits per heavy atom. The minimum absolute atomic E-state index is 0.0102. The molecule has 1 aromatic carbocycles. The van der Waals surface area contributed by atoms with Gasteiger partial charge in [0.15, 0.2) is 5.78 Å². The number of carbonyl (C=O) groups excluding carboxylic acids is 2. The number of furan rings is 1. The van der Waals surface area contributed by atoms with Crippen LogP contribution in [0.1, 0.15) is 30.9 Å². The summed E-state index contributed by atoms with van der Waals surface area (Å²) < 4.78 is 18.6. The molecule has 152 valence electrons. The summed E-state index contributed by atoms with van der Waals surface area (Å²) in [6, 6.07) is 11.2. The second-order valence-corrected chi connectivity index (χ2v) is 7.93. The summed E-state index contributed by atoms with van der Waals surface area (Å²) >= 11 is 1.19. The molecule has 0 saturated carbocycles. The number of amides is 1. The number of rotatable bonds is 5. The second kappa shape index (κ2) is 8.59. The van der Waals surface area contributed by atoms with Crippen molar-refractivity contribution in [1.29, 1.82) is 5.26 Å². The lowest BCUT2D eigenvalue weighted by atomic mass is 9.79. The number of thioether (sulfide) groups is 1. The molecule has 1 aliphatic heterocycles. The number of nitrogens with one attached hydrogen (secondary N) is 2. The van der Waals surface area contributed by atoms with Crippen LogP contribution in [0, 0.1) is 17.1 Å². The molecule has 2 heterocycles. The Morgan fingerprint density at radius 3 is 2.80 bits per heavy atom. The zero-order chi connectivity index (χ0) is 21.1. The quantitative estimate of drug-likeness (QED) is 0.748. The summed E-state index contributed by atoms with van der Waals surface area (Å²) in [6.45, 7) is 0. The van der Waals surface area contributed by atoms with Crippen molar-refractivity contribution in [3.63, 3.8) is 0 Å². The first-order chi connectivity index (χ1) is 14.6. The normalized spacial score (nSPS) is 18.5. The van der Waals surface area contributed by atoms with Crippen LogP contribution in [0.2, 0.25) is 0 Å². The average molecular weight is 423 g/mol. The third kappa shape index (κ3) is 4.02. The fraction of sp³-hybridized carbons (Fsp3) is 0.227. The molecule has 8 heteroatoms. The van der Waals surface area contributed by atoms with E-state index in [1.807, 2.05) is 0 Å². The van der Waals surface area contributed by atoms with E-state index in [4.69, 9.17) is 4.42 Å². The molecule has 1 atom stereocenters. The highest BCUT2D eigenvalue weighted by Crippen LogP contribution is 2.44. The van der Waals surface area contributed by atoms with Crippen molar-refractivity contribution >= 4 is 29.1 Å². The molecule has 1 aromatic heterocycles. The second-order valence-electron chi connectivity index (χ2n) is 6.94. The third-order valence-corrected chi connectivity index (χ3v) is 5.98. The van der Waals surface area contributed by atoms with E-state index in [9.17, 15) is 19.2 Å². The van der Waals surface area contributed by atoms with Crippen LogP contribution in [-0.4, -0.2) is 17.4 Å². The van der Waals surface area contributed by atoms with E-state index in [0.29, 0.717) is 40.5 Å². The number of carbonyl (C=O) groups is 2. The van der Waals surface area contributed by atoms with Gasteiger partial charge >= 0.3 is 0 Å². The number of dihydropyridines is 1. The fourth-order valence-electron chi connectivity index (χ4n) is 3.65. The predicted octanol–water partition coefficient (Wildman–Crippen LogP) is 4.22. The minimum atomic E-state index is -0.572. The lowest BCUT2D eigenvalue weighted by molar-refractivity contribution is -0.116. The molecule has 2 N–H and O–H groups in total. The van der Waals surface area contributed by atoms with E-state index in [0.717, 1.165) is 12.1 Å². The van der Waals surface area contributed by atoms with Crippen LogP contribution in [0.4, 0.5) is 10.1 Å². The van der Waals surface area contributed by atoms with E-state index < -0.39 is 5.92 Å². The average Bonchev–Trinajstić information content (AvgIpc) is 3.27. The molecule has 0 unspecified atom stereocenters. The number of ketones is 1. The van der Waals surface area contributed by atoms with Gasteiger partial charge < -0.3 is 15.1 Å². The molecule has 30 heavy (non-hydrogen) atoms. The Bertz CT molecular complexity index is 1080. The molecule has 0 fully saturated rings. The van der Waals surface area contributed by atoms with Crippen LogP contribution in [0.25, 0.3) is 0 Å². The Hall–Kier alpha value is -3.31. The van der Waals surface area contributed by atoms with Gasteiger partial charge in [-0.25, -0.2) is 4.39 Å². The van der Waals surface area contributed by atoms with Crippen LogP contribution in [0.3, 0.4) is 0 Å². The smallest absolute Gasteiger partial charge is 0.234 e. The lowest BCUT2D eigenvalue weighted by Gasteiger charge is -2.32. The molecule has 0 spiro atoms. The van der Waals surface area contributed by atoms with E-state index >= 15 is 0 Å². The molecule has 1 amide bonds. The monoisotopic (exact) mass is 423 g/mol. The molecule has 0 radical (unpaired) electrons. The highest BCUT2D eigenvalue weighted by atomic mass is 32.2. The van der Waals surface area contributed by atoms with Gasteiger partial charge in [0.05, 0.1) is 34.6 Å². The van der Waals surface area contributed by atoms with Gasteiger partial charge in [0.1, 0.15) is 11.6 Å². The summed E-state index contributed by atoms with van der Waals surface area (Å²) in [5.41, 5.74) is 2.21. The van der Waals surface area contributed by atoms with Crippen molar-refractivity contribution < 1.29 is 18.4 Å². The van der Waals surface area contributed by atoms with Crippen LogP contribution in [-0.2, 0) is 9.59 Å². The molecule has 0 saturated heterocycles. The summed E-state index contributed by atoms with van der Waals surface area (Å²) in [6.07, 6.45) is 3.39. The van der Waals surface area contributed by atoms with E-state index in [1.165, 1.54) is 42.3 Å². The van der Waals surface area contributed by atoms with Gasteiger partial charge in [-0.05, 0) is 49.2 Å². The summed E-state index contributed by atoms with van der Waals surface area (Å²) in [7, 11) is 0. The predicted molar refractivity (Wildman–Crippen MR) is 111 cm³/mol. The molecule has 6 nitrogen and oxygen atoms in total. The van der Waals surface area contributed by atoms with Gasteiger partial charge in [-0.2, -0.15) is 5.26 Å². The molecule has 2 aromatic rings. The van der Waals surface area contributed by atoms with Gasteiger partial charge in [-0.3, -0.25) is 9.59 Å². The number of halogens is 1. The number of nitriles is 1. The number of nitrogens with zero attached hydrogens (tertiary/aromatic N) is 1. The topological polar surface area (TPSA) is 95.1 Å². The number of hydrogen-bond acceptors (Lipinski definition) is 6. The van der Waals surface area contributed by atoms with E-state index in [1.54, 1.807) is 12.1 Å². The maximum atomic E-state index is 13.0. The highest BCUT2D eigenvalue weighted by Gasteiger charge is 2.38.